The largest absolute Gasteiger partial charge is 0.395 e. The standard InChI is InChI=1S/C13H12F2N2O2S/c14-10-6-4-9(5-7-10)8-17-20(18,19)12-3-1-2-11(15)13(12)16/h1-7,17H,8,16H2. The van der Waals surface area contributed by atoms with Gasteiger partial charge in [0.1, 0.15) is 16.5 Å². The van der Waals surface area contributed by atoms with Gasteiger partial charge >= 0.3 is 0 Å². The van der Waals surface area contributed by atoms with Gasteiger partial charge in [0, 0.05) is 6.54 Å². The fourth-order valence-corrected chi connectivity index (χ4v) is 2.77. The Labute approximate surface area is 115 Å². The van der Waals surface area contributed by atoms with Gasteiger partial charge in [-0.25, -0.2) is 21.9 Å². The molecule has 2 rings (SSSR count). The Morgan fingerprint density at radius 1 is 1.05 bits per heavy atom. The average Bonchev–Trinajstić information content (AvgIpc) is 2.41. The number of hydrogen-bond donors (Lipinski definition) is 2. The maximum atomic E-state index is 13.3. The van der Waals surface area contributed by atoms with E-state index < -0.39 is 27.3 Å². The lowest BCUT2D eigenvalue weighted by molar-refractivity contribution is 0.578. The third kappa shape index (κ3) is 3.12. The molecule has 7 heteroatoms. The molecule has 106 valence electrons. The molecule has 0 saturated heterocycles. The highest BCUT2D eigenvalue weighted by Crippen LogP contribution is 2.21. The van der Waals surface area contributed by atoms with Crippen LogP contribution in [0, 0.1) is 11.6 Å². The van der Waals surface area contributed by atoms with Crippen LogP contribution in [0.5, 0.6) is 0 Å². The molecule has 0 aliphatic heterocycles. The van der Waals surface area contributed by atoms with E-state index in [0.29, 0.717) is 5.56 Å². The highest BCUT2D eigenvalue weighted by atomic mass is 32.2. The van der Waals surface area contributed by atoms with Crippen LogP contribution in [0.3, 0.4) is 0 Å². The minimum absolute atomic E-state index is 0.0431. The van der Waals surface area contributed by atoms with Gasteiger partial charge in [-0.3, -0.25) is 0 Å². The Hall–Kier alpha value is -1.99. The van der Waals surface area contributed by atoms with E-state index in [4.69, 9.17) is 5.73 Å². The molecular weight excluding hydrogens is 286 g/mol. The summed E-state index contributed by atoms with van der Waals surface area (Å²) in [5, 5.41) is 0. The van der Waals surface area contributed by atoms with Crippen molar-refractivity contribution in [1.82, 2.24) is 4.72 Å². The lowest BCUT2D eigenvalue weighted by Gasteiger charge is -2.09. The van der Waals surface area contributed by atoms with Gasteiger partial charge in [0.05, 0.1) is 5.69 Å². The number of anilines is 1. The summed E-state index contributed by atoms with van der Waals surface area (Å²) < 4.78 is 52.3. The van der Waals surface area contributed by atoms with Gasteiger partial charge < -0.3 is 5.73 Å². The normalized spacial score (nSPS) is 11.5. The predicted molar refractivity (Wildman–Crippen MR) is 71.2 cm³/mol. The monoisotopic (exact) mass is 298 g/mol. The summed E-state index contributed by atoms with van der Waals surface area (Å²) in [7, 11) is -3.93. The van der Waals surface area contributed by atoms with Crippen LogP contribution >= 0.6 is 0 Å². The van der Waals surface area contributed by atoms with Crippen molar-refractivity contribution < 1.29 is 17.2 Å². The maximum Gasteiger partial charge on any atom is 0.243 e. The van der Waals surface area contributed by atoms with Crippen molar-refractivity contribution in [2.45, 2.75) is 11.4 Å². The Kier molecular flexibility index (Phi) is 4.01. The van der Waals surface area contributed by atoms with Gasteiger partial charge in [0.2, 0.25) is 10.0 Å². The van der Waals surface area contributed by atoms with Crippen molar-refractivity contribution in [1.29, 1.82) is 0 Å². The first-order chi connectivity index (χ1) is 9.40. The summed E-state index contributed by atoms with van der Waals surface area (Å²) in [4.78, 5) is -0.320. The van der Waals surface area contributed by atoms with Gasteiger partial charge in [-0.2, -0.15) is 0 Å². The molecule has 0 aliphatic carbocycles. The molecule has 0 amide bonds. The van der Waals surface area contributed by atoms with Crippen molar-refractivity contribution in [2.75, 3.05) is 5.73 Å². The maximum absolute atomic E-state index is 13.3. The highest BCUT2D eigenvalue weighted by molar-refractivity contribution is 7.89. The van der Waals surface area contributed by atoms with Crippen molar-refractivity contribution in [3.8, 4) is 0 Å². The van der Waals surface area contributed by atoms with Crippen LogP contribution in [-0.2, 0) is 16.6 Å². The van der Waals surface area contributed by atoms with E-state index in [1.807, 2.05) is 0 Å². The topological polar surface area (TPSA) is 72.2 Å². The quantitative estimate of drug-likeness (QED) is 0.848. The molecule has 0 saturated carbocycles. The van der Waals surface area contributed by atoms with E-state index in [-0.39, 0.29) is 11.4 Å². The smallest absolute Gasteiger partial charge is 0.243 e. The number of nitrogens with two attached hydrogens (primary N) is 1. The molecule has 0 heterocycles. The molecular formula is C13H12F2N2O2S. The number of halogens is 2. The first-order valence-corrected chi connectivity index (χ1v) is 7.16. The Bertz CT molecular complexity index is 716. The van der Waals surface area contributed by atoms with Crippen LogP contribution in [0.1, 0.15) is 5.56 Å². The zero-order valence-corrected chi connectivity index (χ0v) is 11.1. The lowest BCUT2D eigenvalue weighted by Crippen LogP contribution is -2.24. The lowest BCUT2D eigenvalue weighted by atomic mass is 10.2. The van der Waals surface area contributed by atoms with Gasteiger partial charge in [-0.1, -0.05) is 18.2 Å². The fourth-order valence-electron chi connectivity index (χ4n) is 1.61. The summed E-state index contributed by atoms with van der Waals surface area (Å²) in [5.74, 6) is -1.21. The minimum atomic E-state index is -3.93. The van der Waals surface area contributed by atoms with Crippen LogP contribution in [-0.4, -0.2) is 8.42 Å². The molecule has 4 nitrogen and oxygen atoms in total. The molecule has 0 aliphatic rings. The molecule has 2 aromatic carbocycles. The van der Waals surface area contributed by atoms with E-state index in [0.717, 1.165) is 6.07 Å². The van der Waals surface area contributed by atoms with Crippen LogP contribution in [0.15, 0.2) is 47.4 Å². The van der Waals surface area contributed by atoms with Crippen LogP contribution in [0.4, 0.5) is 14.5 Å². The predicted octanol–water partition coefficient (Wildman–Crippen LogP) is 2.03. The molecule has 3 N–H and O–H groups in total. The summed E-state index contributed by atoms with van der Waals surface area (Å²) in [5.41, 5.74) is 5.56. The first kappa shape index (κ1) is 14.4. The number of hydrogen-bond acceptors (Lipinski definition) is 3. The number of rotatable bonds is 4. The second-order valence-corrected chi connectivity index (χ2v) is 5.84. The molecule has 0 fully saturated rings. The Morgan fingerprint density at radius 3 is 2.35 bits per heavy atom. The van der Waals surface area contributed by atoms with Gasteiger partial charge in [-0.05, 0) is 29.8 Å². The van der Waals surface area contributed by atoms with Crippen molar-refractivity contribution >= 4 is 15.7 Å². The molecule has 2 aromatic rings. The zero-order chi connectivity index (χ0) is 14.8. The first-order valence-electron chi connectivity index (χ1n) is 5.68. The molecule has 0 unspecified atom stereocenters. The Morgan fingerprint density at radius 2 is 1.70 bits per heavy atom. The van der Waals surface area contributed by atoms with Crippen LogP contribution in [0.2, 0.25) is 0 Å². The van der Waals surface area contributed by atoms with Crippen LogP contribution < -0.4 is 10.5 Å². The summed E-state index contributed by atoms with van der Waals surface area (Å²) in [6.07, 6.45) is 0. The molecule has 0 spiro atoms. The highest BCUT2D eigenvalue weighted by Gasteiger charge is 2.19. The number of nitrogen functional groups attached to an aromatic ring is 1. The van der Waals surface area contributed by atoms with E-state index in [9.17, 15) is 17.2 Å². The van der Waals surface area contributed by atoms with Crippen molar-refractivity contribution in [3.05, 3.63) is 59.7 Å². The van der Waals surface area contributed by atoms with E-state index in [1.54, 1.807) is 0 Å². The van der Waals surface area contributed by atoms with E-state index >= 15 is 0 Å². The SMILES string of the molecule is Nc1c(F)cccc1S(=O)(=O)NCc1ccc(F)cc1. The molecule has 0 bridgehead atoms. The van der Waals surface area contributed by atoms with Crippen molar-refractivity contribution in [2.24, 2.45) is 0 Å². The molecule has 0 radical (unpaired) electrons. The third-order valence-electron chi connectivity index (χ3n) is 2.68. The summed E-state index contributed by atoms with van der Waals surface area (Å²) in [6, 6.07) is 8.90. The second-order valence-electron chi connectivity index (χ2n) is 4.10. The van der Waals surface area contributed by atoms with Gasteiger partial charge in [0.15, 0.2) is 0 Å². The van der Waals surface area contributed by atoms with E-state index in [1.165, 1.54) is 36.4 Å². The zero-order valence-electron chi connectivity index (χ0n) is 10.3. The second kappa shape index (κ2) is 5.56. The number of nitrogens with one attached hydrogen (secondary N) is 1. The van der Waals surface area contributed by atoms with Crippen molar-refractivity contribution in [3.63, 3.8) is 0 Å². The third-order valence-corrected chi connectivity index (χ3v) is 4.14. The average molecular weight is 298 g/mol. The van der Waals surface area contributed by atoms with Crippen LogP contribution in [0.25, 0.3) is 0 Å². The fraction of sp³-hybridized carbons (Fsp3) is 0.0769. The molecule has 0 aromatic heterocycles. The number of para-hydroxylation sites is 1. The molecule has 20 heavy (non-hydrogen) atoms. The number of sulfonamides is 1. The van der Waals surface area contributed by atoms with Gasteiger partial charge in [0.25, 0.3) is 0 Å². The Balaban J connectivity index is 2.19. The molecule has 0 atom stereocenters. The summed E-state index contributed by atoms with van der Waals surface area (Å²) in [6.45, 7) is -0.0431. The van der Waals surface area contributed by atoms with E-state index in [2.05, 4.69) is 4.72 Å². The number of benzene rings is 2. The minimum Gasteiger partial charge on any atom is -0.395 e. The van der Waals surface area contributed by atoms with Gasteiger partial charge in [-0.15, -0.1) is 0 Å². The summed E-state index contributed by atoms with van der Waals surface area (Å²) >= 11 is 0.